The van der Waals surface area contributed by atoms with Crippen molar-refractivity contribution in [3.05, 3.63) is 35.2 Å². The van der Waals surface area contributed by atoms with E-state index in [1.807, 2.05) is 0 Å². The number of aliphatic hydroxyl groups excluding tert-OH is 1. The third-order valence-electron chi connectivity index (χ3n) is 3.80. The van der Waals surface area contributed by atoms with E-state index in [0.717, 1.165) is 6.42 Å². The van der Waals surface area contributed by atoms with Crippen molar-refractivity contribution in [1.29, 1.82) is 0 Å². The number of nitrogens with zero attached hydrogens (tertiary/aromatic N) is 1. The van der Waals surface area contributed by atoms with E-state index >= 15 is 0 Å². The van der Waals surface area contributed by atoms with Gasteiger partial charge in [0.1, 0.15) is 6.61 Å². The van der Waals surface area contributed by atoms with Gasteiger partial charge in [-0.15, -0.1) is 11.3 Å². The third kappa shape index (κ3) is 3.61. The Morgan fingerprint density at radius 2 is 2.33 bits per heavy atom. The fraction of sp³-hybridized carbons (Fsp3) is 0.438. The maximum absolute atomic E-state index is 11.8. The number of rotatable bonds is 5. The summed E-state index contributed by atoms with van der Waals surface area (Å²) in [5.74, 6) is -0.0275. The minimum absolute atomic E-state index is 0.0275. The molecule has 0 saturated carbocycles. The van der Waals surface area contributed by atoms with Crippen molar-refractivity contribution < 1.29 is 14.6 Å². The van der Waals surface area contributed by atoms with Gasteiger partial charge in [0.25, 0.3) is 0 Å². The first-order valence-electron chi connectivity index (χ1n) is 7.22. The van der Waals surface area contributed by atoms with Gasteiger partial charge in [0, 0.05) is 17.8 Å². The molecule has 0 spiro atoms. The number of carbonyl (C=O) groups excluding carboxylic acids is 1. The van der Waals surface area contributed by atoms with Crippen LogP contribution in [0.5, 0.6) is 0 Å². The van der Waals surface area contributed by atoms with Gasteiger partial charge in [-0.05, 0) is 41.3 Å². The molecule has 21 heavy (non-hydrogen) atoms. The first-order chi connectivity index (χ1) is 10.2. The van der Waals surface area contributed by atoms with Crippen LogP contribution in [0.4, 0.5) is 0 Å². The van der Waals surface area contributed by atoms with E-state index in [1.165, 1.54) is 15.6 Å². The van der Waals surface area contributed by atoms with Gasteiger partial charge in [-0.1, -0.05) is 12.1 Å². The van der Waals surface area contributed by atoms with E-state index in [1.54, 1.807) is 16.2 Å². The number of hydrogen-bond donors (Lipinski definition) is 1. The van der Waals surface area contributed by atoms with Gasteiger partial charge in [0.05, 0.1) is 12.7 Å². The summed E-state index contributed by atoms with van der Waals surface area (Å²) in [7, 11) is 0. The quantitative estimate of drug-likeness (QED) is 0.860. The summed E-state index contributed by atoms with van der Waals surface area (Å²) in [5, 5.41) is 12.8. The molecule has 1 fully saturated rings. The largest absolute Gasteiger partial charge is 0.391 e. The van der Waals surface area contributed by atoms with Gasteiger partial charge >= 0.3 is 0 Å². The predicted molar refractivity (Wildman–Crippen MR) is 83.6 cm³/mol. The normalized spacial score (nSPS) is 18.5. The van der Waals surface area contributed by atoms with Crippen molar-refractivity contribution in [3.63, 3.8) is 0 Å². The minimum Gasteiger partial charge on any atom is -0.391 e. The van der Waals surface area contributed by atoms with Crippen molar-refractivity contribution in [3.8, 4) is 0 Å². The molecule has 112 valence electrons. The lowest BCUT2D eigenvalue weighted by Gasteiger charge is -2.15. The van der Waals surface area contributed by atoms with Gasteiger partial charge in [-0.3, -0.25) is 4.79 Å². The number of fused-ring (bicyclic) bond motifs is 1. The molecule has 4 nitrogen and oxygen atoms in total. The van der Waals surface area contributed by atoms with Gasteiger partial charge in [0.15, 0.2) is 0 Å². The number of thiophene rings is 1. The topological polar surface area (TPSA) is 49.8 Å². The predicted octanol–water partition coefficient (Wildman–Crippen LogP) is 2.05. The molecule has 1 aliphatic rings. The number of aliphatic hydroxyl groups is 1. The second-order valence-corrected chi connectivity index (χ2v) is 6.33. The molecule has 5 heteroatoms. The highest BCUT2D eigenvalue weighted by molar-refractivity contribution is 7.17. The number of benzene rings is 1. The van der Waals surface area contributed by atoms with Crippen LogP contribution in [0, 0.1) is 0 Å². The second kappa shape index (κ2) is 6.56. The van der Waals surface area contributed by atoms with E-state index in [-0.39, 0.29) is 18.6 Å². The molecule has 0 radical (unpaired) electrons. The number of β-amino-alcohol motifs (C(OH)–C–C–N with tert-alkyl or cyclic N) is 1. The van der Waals surface area contributed by atoms with Crippen molar-refractivity contribution in [2.45, 2.75) is 18.9 Å². The molecule has 1 aromatic carbocycles. The van der Waals surface area contributed by atoms with E-state index < -0.39 is 0 Å². The highest BCUT2D eigenvalue weighted by Gasteiger charge is 2.24. The van der Waals surface area contributed by atoms with Crippen molar-refractivity contribution in [2.75, 3.05) is 26.3 Å². The molecule has 2 aromatic rings. The Bertz CT molecular complexity index is 625. The SMILES string of the molecule is O=C(COCCc1ccc2ccsc2c1)N1CC[C@H](O)C1. The smallest absolute Gasteiger partial charge is 0.248 e. The summed E-state index contributed by atoms with van der Waals surface area (Å²) in [6.45, 7) is 1.72. The van der Waals surface area contributed by atoms with Crippen LogP contribution in [0.3, 0.4) is 0 Å². The molecule has 1 amide bonds. The molecule has 3 rings (SSSR count). The third-order valence-corrected chi connectivity index (χ3v) is 4.68. The summed E-state index contributed by atoms with van der Waals surface area (Å²) in [4.78, 5) is 13.5. The number of amides is 1. The Hall–Kier alpha value is -1.43. The van der Waals surface area contributed by atoms with Crippen LogP contribution in [0.15, 0.2) is 29.6 Å². The van der Waals surface area contributed by atoms with Gasteiger partial charge in [-0.2, -0.15) is 0 Å². The Balaban J connectivity index is 1.42. The van der Waals surface area contributed by atoms with Crippen LogP contribution >= 0.6 is 11.3 Å². The van der Waals surface area contributed by atoms with Crippen LogP contribution in [-0.2, 0) is 16.0 Å². The molecule has 1 saturated heterocycles. The molecular formula is C16H19NO3S. The second-order valence-electron chi connectivity index (χ2n) is 5.38. The summed E-state index contributed by atoms with van der Waals surface area (Å²) in [6.07, 6.45) is 1.11. The number of carbonyl (C=O) groups is 1. The Kier molecular flexibility index (Phi) is 4.53. The van der Waals surface area contributed by atoms with E-state index in [4.69, 9.17) is 4.74 Å². The minimum atomic E-state index is -0.369. The number of ether oxygens (including phenoxy) is 1. The maximum Gasteiger partial charge on any atom is 0.248 e. The molecule has 0 bridgehead atoms. The lowest BCUT2D eigenvalue weighted by atomic mass is 10.1. The Labute approximate surface area is 127 Å². The zero-order valence-electron chi connectivity index (χ0n) is 11.8. The molecule has 0 unspecified atom stereocenters. The molecule has 1 N–H and O–H groups in total. The van der Waals surface area contributed by atoms with Gasteiger partial charge in [0.2, 0.25) is 5.91 Å². The lowest BCUT2D eigenvalue weighted by Crippen LogP contribution is -2.32. The summed E-state index contributed by atoms with van der Waals surface area (Å²) >= 11 is 1.74. The summed E-state index contributed by atoms with van der Waals surface area (Å²) < 4.78 is 6.76. The summed E-state index contributed by atoms with van der Waals surface area (Å²) in [6, 6.07) is 8.53. The average molecular weight is 305 g/mol. The van der Waals surface area contributed by atoms with Crippen LogP contribution in [0.2, 0.25) is 0 Å². The molecule has 1 aromatic heterocycles. The number of likely N-dealkylation sites (tertiary alicyclic amines) is 1. The zero-order valence-corrected chi connectivity index (χ0v) is 12.6. The lowest BCUT2D eigenvalue weighted by molar-refractivity contribution is -0.135. The van der Waals surface area contributed by atoms with Crippen LogP contribution < -0.4 is 0 Å². The Morgan fingerprint density at radius 3 is 3.14 bits per heavy atom. The Morgan fingerprint density at radius 1 is 1.43 bits per heavy atom. The van der Waals surface area contributed by atoms with Crippen molar-refractivity contribution >= 4 is 27.3 Å². The fourth-order valence-corrected chi connectivity index (χ4v) is 3.42. The maximum atomic E-state index is 11.8. The van der Waals surface area contributed by atoms with Crippen LogP contribution in [-0.4, -0.2) is 48.3 Å². The average Bonchev–Trinajstić information content (AvgIpc) is 3.11. The summed E-state index contributed by atoms with van der Waals surface area (Å²) in [5.41, 5.74) is 1.23. The van der Waals surface area contributed by atoms with Gasteiger partial charge in [-0.25, -0.2) is 0 Å². The van der Waals surface area contributed by atoms with Gasteiger partial charge < -0.3 is 14.7 Å². The molecule has 1 aliphatic heterocycles. The first kappa shape index (κ1) is 14.5. The monoisotopic (exact) mass is 305 g/mol. The van der Waals surface area contributed by atoms with E-state index in [9.17, 15) is 9.90 Å². The first-order valence-corrected chi connectivity index (χ1v) is 8.10. The zero-order chi connectivity index (χ0) is 14.7. The molecular weight excluding hydrogens is 286 g/mol. The standard InChI is InChI=1S/C16H19NO3S/c18-14-3-6-17(10-14)16(19)11-20-7-4-12-1-2-13-5-8-21-15(13)9-12/h1-2,5,8-9,14,18H,3-4,6-7,10-11H2/t14-/m0/s1. The number of hydrogen-bond acceptors (Lipinski definition) is 4. The van der Waals surface area contributed by atoms with Crippen molar-refractivity contribution in [1.82, 2.24) is 4.90 Å². The fourth-order valence-electron chi connectivity index (χ4n) is 2.56. The highest BCUT2D eigenvalue weighted by atomic mass is 32.1. The van der Waals surface area contributed by atoms with E-state index in [2.05, 4.69) is 29.6 Å². The molecule has 0 aliphatic carbocycles. The van der Waals surface area contributed by atoms with Crippen LogP contribution in [0.25, 0.3) is 10.1 Å². The van der Waals surface area contributed by atoms with Crippen LogP contribution in [0.1, 0.15) is 12.0 Å². The van der Waals surface area contributed by atoms with Crippen molar-refractivity contribution in [2.24, 2.45) is 0 Å². The van der Waals surface area contributed by atoms with E-state index in [0.29, 0.717) is 26.1 Å². The molecule has 1 atom stereocenters. The molecule has 2 heterocycles. The highest BCUT2D eigenvalue weighted by Crippen LogP contribution is 2.22.